The fraction of sp³-hybridized carbons (Fsp3) is 0.455. The third-order valence-corrected chi connectivity index (χ3v) is 2.09. The van der Waals surface area contributed by atoms with Crippen molar-refractivity contribution in [3.8, 4) is 0 Å². The molecule has 0 spiro atoms. The molecule has 1 aliphatic heterocycles. The molecule has 0 saturated carbocycles. The lowest BCUT2D eigenvalue weighted by molar-refractivity contribution is 0.178. The molecule has 13 heavy (non-hydrogen) atoms. The molecule has 0 atom stereocenters. The molecule has 0 aromatic rings. The highest BCUT2D eigenvalue weighted by atomic mass is 15.5. The van der Waals surface area contributed by atoms with Crippen LogP contribution in [0.15, 0.2) is 37.1 Å². The van der Waals surface area contributed by atoms with Gasteiger partial charge >= 0.3 is 0 Å². The second-order valence-corrected chi connectivity index (χ2v) is 3.28. The van der Waals surface area contributed by atoms with Gasteiger partial charge in [0, 0.05) is 18.8 Å². The van der Waals surface area contributed by atoms with Crippen molar-refractivity contribution >= 4 is 0 Å². The van der Waals surface area contributed by atoms with Gasteiger partial charge in [0.1, 0.15) is 0 Å². The lowest BCUT2D eigenvalue weighted by atomic mass is 10.2. The van der Waals surface area contributed by atoms with Crippen LogP contribution in [0.5, 0.6) is 0 Å². The molecule has 1 fully saturated rings. The smallest absolute Gasteiger partial charge is 0.0418 e. The maximum absolute atomic E-state index is 3.90. The first-order valence-electron chi connectivity index (χ1n) is 4.82. The first kappa shape index (κ1) is 10.1. The highest BCUT2D eigenvalue weighted by Gasteiger charge is 2.08. The molecule has 1 rings (SSSR count). The first-order chi connectivity index (χ1) is 6.33. The molecular weight excluding hydrogens is 160 g/mol. The molecule has 0 aromatic heterocycles. The van der Waals surface area contributed by atoms with Gasteiger partial charge in [-0.2, -0.15) is 0 Å². The average Bonchev–Trinajstić information content (AvgIpc) is 2.16. The fourth-order valence-corrected chi connectivity index (χ4v) is 1.43. The van der Waals surface area contributed by atoms with Gasteiger partial charge in [-0.05, 0) is 18.9 Å². The van der Waals surface area contributed by atoms with Crippen LogP contribution in [-0.2, 0) is 0 Å². The number of piperidine rings is 1. The number of hydrogen-bond acceptors (Lipinski definition) is 2. The van der Waals surface area contributed by atoms with Crippen molar-refractivity contribution in [1.29, 1.82) is 0 Å². The molecule has 1 N–H and O–H groups in total. The SMILES string of the molecule is C=C/C=C\C(=C)NN1CCCCC1. The van der Waals surface area contributed by atoms with E-state index < -0.39 is 0 Å². The maximum atomic E-state index is 3.90. The molecular formula is C11H18N2. The summed E-state index contributed by atoms with van der Waals surface area (Å²) in [4.78, 5) is 0. The standard InChI is InChI=1S/C11H18N2/c1-3-4-8-11(2)12-13-9-6-5-7-10-13/h3-4,8,12H,1-2,5-7,9-10H2/b8-4-. The molecule has 2 nitrogen and oxygen atoms in total. The van der Waals surface area contributed by atoms with E-state index in [1.165, 1.54) is 19.3 Å². The number of nitrogens with one attached hydrogen (secondary N) is 1. The van der Waals surface area contributed by atoms with Gasteiger partial charge < -0.3 is 5.43 Å². The Morgan fingerprint density at radius 3 is 2.54 bits per heavy atom. The average molecular weight is 178 g/mol. The van der Waals surface area contributed by atoms with Gasteiger partial charge in [-0.25, -0.2) is 5.01 Å². The summed E-state index contributed by atoms with van der Waals surface area (Å²) in [6.07, 6.45) is 9.49. The summed E-state index contributed by atoms with van der Waals surface area (Å²) in [7, 11) is 0. The molecule has 0 radical (unpaired) electrons. The Labute approximate surface area is 80.6 Å². The van der Waals surface area contributed by atoms with Crippen LogP contribution in [-0.4, -0.2) is 18.1 Å². The highest BCUT2D eigenvalue weighted by molar-refractivity contribution is 5.15. The summed E-state index contributed by atoms with van der Waals surface area (Å²) in [5, 5.41) is 2.22. The van der Waals surface area contributed by atoms with Gasteiger partial charge in [0.2, 0.25) is 0 Å². The minimum Gasteiger partial charge on any atom is -0.319 e. The number of hydrazine groups is 1. The summed E-state index contributed by atoms with van der Waals surface area (Å²) in [6, 6.07) is 0. The topological polar surface area (TPSA) is 15.3 Å². The molecule has 1 aliphatic rings. The quantitative estimate of drug-likeness (QED) is 0.664. The van der Waals surface area contributed by atoms with Crippen LogP contribution in [0.25, 0.3) is 0 Å². The van der Waals surface area contributed by atoms with E-state index in [9.17, 15) is 0 Å². The van der Waals surface area contributed by atoms with Crippen LogP contribution >= 0.6 is 0 Å². The van der Waals surface area contributed by atoms with Crippen molar-refractivity contribution in [1.82, 2.24) is 10.4 Å². The third kappa shape index (κ3) is 3.95. The molecule has 2 heteroatoms. The number of hydrogen-bond donors (Lipinski definition) is 1. The van der Waals surface area contributed by atoms with E-state index in [4.69, 9.17) is 0 Å². The van der Waals surface area contributed by atoms with E-state index in [0.717, 1.165) is 18.8 Å². The van der Waals surface area contributed by atoms with Gasteiger partial charge in [0.25, 0.3) is 0 Å². The predicted molar refractivity (Wildman–Crippen MR) is 57.0 cm³/mol. The molecule has 0 unspecified atom stereocenters. The largest absolute Gasteiger partial charge is 0.319 e. The summed E-state index contributed by atoms with van der Waals surface area (Å²) in [5.74, 6) is 0. The molecule has 0 aromatic carbocycles. The van der Waals surface area contributed by atoms with Crippen molar-refractivity contribution in [3.63, 3.8) is 0 Å². The molecule has 0 aliphatic carbocycles. The van der Waals surface area contributed by atoms with E-state index in [1.807, 2.05) is 12.2 Å². The van der Waals surface area contributed by atoms with Gasteiger partial charge in [-0.1, -0.05) is 31.7 Å². The molecule has 0 bridgehead atoms. The van der Waals surface area contributed by atoms with Crippen LogP contribution < -0.4 is 5.43 Å². The normalized spacial score (nSPS) is 18.8. The number of nitrogens with zero attached hydrogens (tertiary/aromatic N) is 1. The van der Waals surface area contributed by atoms with Crippen molar-refractivity contribution in [2.75, 3.05) is 13.1 Å². The van der Waals surface area contributed by atoms with Gasteiger partial charge in [-0.15, -0.1) is 0 Å². The molecule has 1 heterocycles. The van der Waals surface area contributed by atoms with Crippen LogP contribution in [0.4, 0.5) is 0 Å². The Balaban J connectivity index is 2.25. The summed E-state index contributed by atoms with van der Waals surface area (Å²) in [5.41, 5.74) is 4.19. The number of rotatable bonds is 4. The predicted octanol–water partition coefficient (Wildman–Crippen LogP) is 2.23. The van der Waals surface area contributed by atoms with E-state index in [-0.39, 0.29) is 0 Å². The van der Waals surface area contributed by atoms with Gasteiger partial charge in [0.15, 0.2) is 0 Å². The fourth-order valence-electron chi connectivity index (χ4n) is 1.43. The zero-order chi connectivity index (χ0) is 9.52. The summed E-state index contributed by atoms with van der Waals surface area (Å²) < 4.78 is 0. The Morgan fingerprint density at radius 1 is 1.23 bits per heavy atom. The van der Waals surface area contributed by atoms with Crippen molar-refractivity contribution < 1.29 is 0 Å². The Morgan fingerprint density at radius 2 is 1.92 bits per heavy atom. The maximum Gasteiger partial charge on any atom is 0.0418 e. The van der Waals surface area contributed by atoms with E-state index in [0.29, 0.717) is 0 Å². The Hall–Kier alpha value is -1.02. The Bertz CT molecular complexity index is 200. The van der Waals surface area contributed by atoms with Crippen LogP contribution in [0.3, 0.4) is 0 Å². The zero-order valence-electron chi connectivity index (χ0n) is 8.13. The minimum atomic E-state index is 0.932. The van der Waals surface area contributed by atoms with E-state index in [2.05, 4.69) is 23.6 Å². The van der Waals surface area contributed by atoms with Crippen molar-refractivity contribution in [2.45, 2.75) is 19.3 Å². The third-order valence-electron chi connectivity index (χ3n) is 2.09. The Kier molecular flexibility index (Phi) is 4.33. The second kappa shape index (κ2) is 5.60. The van der Waals surface area contributed by atoms with Crippen LogP contribution in [0.2, 0.25) is 0 Å². The lowest BCUT2D eigenvalue weighted by Crippen LogP contribution is -2.40. The second-order valence-electron chi connectivity index (χ2n) is 3.28. The molecule has 0 amide bonds. The lowest BCUT2D eigenvalue weighted by Gasteiger charge is -2.27. The van der Waals surface area contributed by atoms with Gasteiger partial charge in [0.05, 0.1) is 0 Å². The monoisotopic (exact) mass is 178 g/mol. The first-order valence-corrected chi connectivity index (χ1v) is 4.82. The molecule has 1 saturated heterocycles. The molecule has 72 valence electrons. The van der Waals surface area contributed by atoms with Crippen LogP contribution in [0.1, 0.15) is 19.3 Å². The van der Waals surface area contributed by atoms with Gasteiger partial charge in [-0.3, -0.25) is 0 Å². The van der Waals surface area contributed by atoms with Crippen molar-refractivity contribution in [3.05, 3.63) is 37.1 Å². The zero-order valence-corrected chi connectivity index (χ0v) is 8.13. The van der Waals surface area contributed by atoms with E-state index in [1.54, 1.807) is 6.08 Å². The highest BCUT2D eigenvalue weighted by Crippen LogP contribution is 2.06. The van der Waals surface area contributed by atoms with E-state index >= 15 is 0 Å². The van der Waals surface area contributed by atoms with Crippen molar-refractivity contribution in [2.24, 2.45) is 0 Å². The summed E-state index contributed by atoms with van der Waals surface area (Å²) in [6.45, 7) is 9.76. The van der Waals surface area contributed by atoms with Crippen LogP contribution in [0, 0.1) is 0 Å². The summed E-state index contributed by atoms with van der Waals surface area (Å²) >= 11 is 0. The number of allylic oxidation sites excluding steroid dienone is 3. The minimum absolute atomic E-state index is 0.932.